The first-order valence-electron chi connectivity index (χ1n) is 10.6. The maximum Gasteiger partial charge on any atom is 0.251 e. The van der Waals surface area contributed by atoms with Crippen molar-refractivity contribution in [2.24, 2.45) is 5.41 Å². The van der Waals surface area contributed by atoms with Gasteiger partial charge in [-0.3, -0.25) is 9.99 Å². The van der Waals surface area contributed by atoms with Crippen molar-refractivity contribution in [1.82, 2.24) is 10.3 Å². The minimum Gasteiger partial charge on any atom is -0.378 e. The Morgan fingerprint density at radius 1 is 0.967 bits per heavy atom. The second kappa shape index (κ2) is 7.33. The van der Waals surface area contributed by atoms with Crippen LogP contribution >= 0.6 is 7.29 Å². The largest absolute Gasteiger partial charge is 0.378 e. The van der Waals surface area contributed by atoms with Gasteiger partial charge < -0.3 is 9.64 Å². The molecule has 1 atom stereocenters. The van der Waals surface area contributed by atoms with E-state index in [0.29, 0.717) is 13.2 Å². The van der Waals surface area contributed by atoms with Crippen LogP contribution in [-0.2, 0) is 9.30 Å². The highest BCUT2D eigenvalue weighted by Crippen LogP contribution is 2.66. The van der Waals surface area contributed by atoms with Crippen LogP contribution in [0.4, 0.5) is 5.69 Å². The standard InChI is InChI=1S/C24H28N3O2P/c1-24(2)17-21-23(22(18-24)26-13-15-29-16-14-26)30(28,20-11-7-4-8-12-20)27(25-21)19-9-5-3-6-10-19/h3-12,17,25H,13-16,18H2,1-2H3/t30-/m1/s1. The van der Waals surface area contributed by atoms with Gasteiger partial charge in [0.05, 0.1) is 29.9 Å². The topological polar surface area (TPSA) is 44.8 Å². The fourth-order valence-electron chi connectivity index (χ4n) is 4.65. The number of fused-ring (bicyclic) bond motifs is 1. The summed E-state index contributed by atoms with van der Waals surface area (Å²) in [5.74, 6) is 0. The van der Waals surface area contributed by atoms with Crippen LogP contribution in [0, 0.1) is 5.41 Å². The van der Waals surface area contributed by atoms with E-state index in [1.54, 1.807) is 0 Å². The van der Waals surface area contributed by atoms with E-state index in [-0.39, 0.29) is 5.41 Å². The molecule has 5 nitrogen and oxygen atoms in total. The molecule has 156 valence electrons. The molecule has 5 rings (SSSR count). The van der Waals surface area contributed by atoms with Crippen molar-refractivity contribution in [3.63, 3.8) is 0 Å². The van der Waals surface area contributed by atoms with Gasteiger partial charge in [0.25, 0.3) is 7.29 Å². The molecular formula is C24H28N3O2P. The number of benzene rings is 2. The molecule has 0 saturated carbocycles. The fraction of sp³-hybridized carbons (Fsp3) is 0.333. The smallest absolute Gasteiger partial charge is 0.251 e. The van der Waals surface area contributed by atoms with Gasteiger partial charge in [0.1, 0.15) is 0 Å². The molecule has 2 saturated heterocycles. The molecule has 30 heavy (non-hydrogen) atoms. The molecule has 0 bridgehead atoms. The minimum absolute atomic E-state index is 0.0202. The lowest BCUT2D eigenvalue weighted by molar-refractivity contribution is 0.0497. The Labute approximate surface area is 178 Å². The third-order valence-electron chi connectivity index (χ3n) is 6.00. The number of morpholine rings is 1. The Morgan fingerprint density at radius 2 is 1.60 bits per heavy atom. The third kappa shape index (κ3) is 3.17. The summed E-state index contributed by atoms with van der Waals surface area (Å²) in [4.78, 5) is 2.39. The molecule has 2 aromatic rings. The molecule has 0 unspecified atom stereocenters. The number of nitrogens with zero attached hydrogens (tertiary/aromatic N) is 2. The normalized spacial score (nSPS) is 25.6. The van der Waals surface area contributed by atoms with E-state index in [1.165, 1.54) is 5.70 Å². The van der Waals surface area contributed by atoms with Crippen molar-refractivity contribution in [2.75, 3.05) is 31.1 Å². The summed E-state index contributed by atoms with van der Waals surface area (Å²) < 4.78 is 22.6. The highest BCUT2D eigenvalue weighted by atomic mass is 31.2. The van der Waals surface area contributed by atoms with E-state index in [0.717, 1.165) is 41.5 Å². The first-order chi connectivity index (χ1) is 14.5. The third-order valence-corrected chi connectivity index (χ3v) is 8.99. The monoisotopic (exact) mass is 421 g/mol. The molecule has 2 fully saturated rings. The fourth-order valence-corrected chi connectivity index (χ4v) is 7.64. The molecule has 2 heterocycles. The average Bonchev–Trinajstić information content (AvgIpc) is 3.07. The van der Waals surface area contributed by atoms with Gasteiger partial charge in [0, 0.05) is 24.1 Å². The number of para-hydroxylation sites is 1. The van der Waals surface area contributed by atoms with E-state index >= 15 is 4.57 Å². The number of anilines is 1. The van der Waals surface area contributed by atoms with Gasteiger partial charge in [-0.05, 0) is 36.1 Å². The van der Waals surface area contributed by atoms with Crippen molar-refractivity contribution in [3.05, 3.63) is 83.4 Å². The first-order valence-corrected chi connectivity index (χ1v) is 12.2. The van der Waals surface area contributed by atoms with Crippen LogP contribution in [0.3, 0.4) is 0 Å². The van der Waals surface area contributed by atoms with Crippen LogP contribution in [-0.4, -0.2) is 31.2 Å². The number of allylic oxidation sites excluding steroid dienone is 3. The van der Waals surface area contributed by atoms with Crippen LogP contribution in [0.1, 0.15) is 20.3 Å². The van der Waals surface area contributed by atoms with Gasteiger partial charge in [-0.15, -0.1) is 0 Å². The number of nitrogens with one attached hydrogen (secondary N) is 1. The maximum absolute atomic E-state index is 15.1. The van der Waals surface area contributed by atoms with E-state index in [1.807, 2.05) is 65.4 Å². The van der Waals surface area contributed by atoms with E-state index in [9.17, 15) is 0 Å². The molecule has 0 spiro atoms. The van der Waals surface area contributed by atoms with Crippen molar-refractivity contribution in [1.29, 1.82) is 0 Å². The predicted octanol–water partition coefficient (Wildman–Crippen LogP) is 4.47. The summed E-state index contributed by atoms with van der Waals surface area (Å²) in [5, 5.41) is 1.81. The summed E-state index contributed by atoms with van der Waals surface area (Å²) in [6.07, 6.45) is 3.12. The van der Waals surface area contributed by atoms with E-state index in [2.05, 4.69) is 30.2 Å². The summed E-state index contributed by atoms with van der Waals surface area (Å²) in [6.45, 7) is 7.59. The van der Waals surface area contributed by atoms with Gasteiger partial charge >= 0.3 is 0 Å². The van der Waals surface area contributed by atoms with Gasteiger partial charge in [-0.1, -0.05) is 56.3 Å². The Bertz CT molecular complexity index is 1040. The lowest BCUT2D eigenvalue weighted by atomic mass is 9.82. The zero-order chi connectivity index (χ0) is 20.8. The zero-order valence-electron chi connectivity index (χ0n) is 17.5. The van der Waals surface area contributed by atoms with Crippen LogP contribution in [0.25, 0.3) is 0 Å². The van der Waals surface area contributed by atoms with Gasteiger partial charge in [0.2, 0.25) is 0 Å². The van der Waals surface area contributed by atoms with Crippen molar-refractivity contribution < 1.29 is 9.30 Å². The molecule has 1 aliphatic carbocycles. The lowest BCUT2D eigenvalue weighted by Crippen LogP contribution is -2.38. The quantitative estimate of drug-likeness (QED) is 0.741. The molecule has 3 aliphatic rings. The SMILES string of the molecule is CC1(C)C=C2NN(c3ccccc3)[P@@](=O)(c3ccccc3)C2=C(N2CCOCC2)C1. The summed E-state index contributed by atoms with van der Waals surface area (Å²) in [5.41, 5.74) is 6.60. The lowest BCUT2D eigenvalue weighted by Gasteiger charge is -2.38. The highest BCUT2D eigenvalue weighted by Gasteiger charge is 2.50. The number of hydrazine groups is 1. The van der Waals surface area contributed by atoms with Crippen molar-refractivity contribution >= 4 is 18.3 Å². The highest BCUT2D eigenvalue weighted by molar-refractivity contribution is 7.77. The average molecular weight is 421 g/mol. The van der Waals surface area contributed by atoms with Crippen LogP contribution in [0.2, 0.25) is 0 Å². The Hall–Kier alpha value is -2.49. The number of ether oxygens (including phenoxy) is 1. The van der Waals surface area contributed by atoms with Crippen molar-refractivity contribution in [2.45, 2.75) is 20.3 Å². The van der Waals surface area contributed by atoms with Gasteiger partial charge in [0.15, 0.2) is 0 Å². The second-order valence-electron chi connectivity index (χ2n) is 8.79. The molecule has 1 N–H and O–H groups in total. The van der Waals surface area contributed by atoms with E-state index in [4.69, 9.17) is 4.74 Å². The molecule has 2 aliphatic heterocycles. The molecular weight excluding hydrogens is 393 g/mol. The Balaban J connectivity index is 1.75. The predicted molar refractivity (Wildman–Crippen MR) is 122 cm³/mol. The van der Waals surface area contributed by atoms with Crippen LogP contribution in [0.15, 0.2) is 83.4 Å². The molecule has 0 radical (unpaired) electrons. The van der Waals surface area contributed by atoms with Crippen molar-refractivity contribution in [3.8, 4) is 0 Å². The van der Waals surface area contributed by atoms with Crippen LogP contribution < -0.4 is 15.5 Å². The molecule has 0 amide bonds. The molecule has 6 heteroatoms. The molecule has 0 aromatic heterocycles. The van der Waals surface area contributed by atoms with Gasteiger partial charge in [-0.25, -0.2) is 4.78 Å². The summed E-state index contributed by atoms with van der Waals surface area (Å²) >= 11 is 0. The molecule has 2 aromatic carbocycles. The zero-order valence-corrected chi connectivity index (χ0v) is 18.4. The Morgan fingerprint density at radius 3 is 2.27 bits per heavy atom. The summed E-state index contributed by atoms with van der Waals surface area (Å²) in [7, 11) is -3.11. The second-order valence-corrected chi connectivity index (χ2v) is 11.3. The minimum atomic E-state index is -3.11. The maximum atomic E-state index is 15.1. The van der Waals surface area contributed by atoms with E-state index < -0.39 is 7.29 Å². The van der Waals surface area contributed by atoms with Gasteiger partial charge in [-0.2, -0.15) is 0 Å². The van der Waals surface area contributed by atoms with Crippen LogP contribution in [0.5, 0.6) is 0 Å². The first kappa shape index (κ1) is 19.5. The number of rotatable bonds is 3. The number of hydrogen-bond acceptors (Lipinski definition) is 4. The summed E-state index contributed by atoms with van der Waals surface area (Å²) in [6, 6.07) is 19.9. The Kier molecular flexibility index (Phi) is 4.76. The number of hydrogen-bond donors (Lipinski definition) is 1.